The molecule has 0 spiro atoms. The lowest BCUT2D eigenvalue weighted by atomic mass is 10.1. The Morgan fingerprint density at radius 2 is 2.26 bits per heavy atom. The molecule has 0 aliphatic carbocycles. The number of rotatable bonds is 2. The molecule has 0 N–H and O–H groups in total. The van der Waals surface area contributed by atoms with Gasteiger partial charge in [-0.2, -0.15) is 0 Å². The third-order valence-electron chi connectivity index (χ3n) is 2.93. The van der Waals surface area contributed by atoms with E-state index in [1.165, 1.54) is 12.0 Å². The smallest absolute Gasteiger partial charge is 0.331 e. The summed E-state index contributed by atoms with van der Waals surface area (Å²) in [7, 11) is 1.31. The van der Waals surface area contributed by atoms with Crippen LogP contribution in [-0.2, 0) is 14.3 Å². The summed E-state index contributed by atoms with van der Waals surface area (Å²) in [6, 6.07) is 6.61. The van der Waals surface area contributed by atoms with E-state index in [-0.39, 0.29) is 12.5 Å². The topological polar surface area (TPSA) is 55.8 Å². The molecule has 6 heteroatoms. The van der Waals surface area contributed by atoms with Crippen molar-refractivity contribution in [1.82, 2.24) is 4.90 Å². The molecular weight excluding hydrogens is 361 g/mol. The van der Waals surface area contributed by atoms with Crippen molar-refractivity contribution in [3.63, 3.8) is 0 Å². The van der Waals surface area contributed by atoms with E-state index in [2.05, 4.69) is 22.6 Å². The maximum Gasteiger partial charge on any atom is 0.331 e. The summed E-state index contributed by atoms with van der Waals surface area (Å²) in [6.45, 7) is 1.01. The SMILES string of the molecule is COC(=O)C1COCCN1C(=O)c1cccc(I)c1. The maximum atomic E-state index is 12.4. The molecule has 0 radical (unpaired) electrons. The van der Waals surface area contributed by atoms with E-state index in [0.717, 1.165) is 3.57 Å². The fourth-order valence-electron chi connectivity index (χ4n) is 1.97. The highest BCUT2D eigenvalue weighted by Crippen LogP contribution is 2.15. The summed E-state index contributed by atoms with van der Waals surface area (Å²) in [5.74, 6) is -0.615. The average molecular weight is 375 g/mol. The fourth-order valence-corrected chi connectivity index (χ4v) is 2.51. The summed E-state index contributed by atoms with van der Waals surface area (Å²) in [5.41, 5.74) is 0.572. The molecule has 1 aliphatic rings. The zero-order valence-corrected chi connectivity index (χ0v) is 12.6. The van der Waals surface area contributed by atoms with Crippen molar-refractivity contribution >= 4 is 34.5 Å². The highest BCUT2D eigenvalue weighted by molar-refractivity contribution is 14.1. The third kappa shape index (κ3) is 3.24. The van der Waals surface area contributed by atoms with Crippen LogP contribution in [0.25, 0.3) is 0 Å². The quantitative estimate of drug-likeness (QED) is 0.578. The van der Waals surface area contributed by atoms with Gasteiger partial charge in [0.25, 0.3) is 5.91 Å². The molecule has 1 fully saturated rings. The molecule has 2 rings (SSSR count). The Labute approximate surface area is 125 Å². The van der Waals surface area contributed by atoms with E-state index in [4.69, 9.17) is 9.47 Å². The zero-order chi connectivity index (χ0) is 13.8. The minimum atomic E-state index is -0.663. The molecule has 19 heavy (non-hydrogen) atoms. The Balaban J connectivity index is 2.22. The van der Waals surface area contributed by atoms with Crippen molar-refractivity contribution < 1.29 is 19.1 Å². The lowest BCUT2D eigenvalue weighted by Gasteiger charge is -2.33. The van der Waals surface area contributed by atoms with Gasteiger partial charge in [-0.1, -0.05) is 6.07 Å². The number of benzene rings is 1. The van der Waals surface area contributed by atoms with E-state index in [1.807, 2.05) is 12.1 Å². The molecule has 0 aromatic heterocycles. The highest BCUT2D eigenvalue weighted by atomic mass is 127. The van der Waals surface area contributed by atoms with Gasteiger partial charge in [-0.3, -0.25) is 4.79 Å². The molecule has 1 heterocycles. The van der Waals surface area contributed by atoms with Gasteiger partial charge in [-0.25, -0.2) is 4.79 Å². The second-order valence-electron chi connectivity index (χ2n) is 4.12. The van der Waals surface area contributed by atoms with Crippen LogP contribution in [0.15, 0.2) is 24.3 Å². The van der Waals surface area contributed by atoms with Crippen molar-refractivity contribution in [1.29, 1.82) is 0 Å². The van der Waals surface area contributed by atoms with E-state index in [0.29, 0.717) is 18.7 Å². The van der Waals surface area contributed by atoms with Crippen LogP contribution in [0.5, 0.6) is 0 Å². The van der Waals surface area contributed by atoms with Crippen molar-refractivity contribution in [3.05, 3.63) is 33.4 Å². The highest BCUT2D eigenvalue weighted by Gasteiger charge is 2.34. The van der Waals surface area contributed by atoms with Gasteiger partial charge in [0.05, 0.1) is 20.3 Å². The van der Waals surface area contributed by atoms with Gasteiger partial charge < -0.3 is 14.4 Å². The Morgan fingerprint density at radius 1 is 1.47 bits per heavy atom. The van der Waals surface area contributed by atoms with Crippen LogP contribution < -0.4 is 0 Å². The van der Waals surface area contributed by atoms with Gasteiger partial charge in [-0.05, 0) is 40.8 Å². The lowest BCUT2D eigenvalue weighted by Crippen LogP contribution is -2.53. The van der Waals surface area contributed by atoms with Crippen molar-refractivity contribution in [2.75, 3.05) is 26.9 Å². The maximum absolute atomic E-state index is 12.4. The van der Waals surface area contributed by atoms with E-state index in [1.54, 1.807) is 12.1 Å². The van der Waals surface area contributed by atoms with Crippen molar-refractivity contribution in [2.45, 2.75) is 6.04 Å². The molecule has 1 aromatic carbocycles. The predicted octanol–water partition coefficient (Wildman–Crippen LogP) is 1.31. The largest absolute Gasteiger partial charge is 0.467 e. The second-order valence-corrected chi connectivity index (χ2v) is 5.37. The number of nitrogens with zero attached hydrogens (tertiary/aromatic N) is 1. The second kappa shape index (κ2) is 6.33. The number of hydrogen-bond acceptors (Lipinski definition) is 4. The monoisotopic (exact) mass is 375 g/mol. The number of carbonyl (C=O) groups excluding carboxylic acids is 2. The van der Waals surface area contributed by atoms with Crippen LogP contribution in [0.1, 0.15) is 10.4 Å². The first kappa shape index (κ1) is 14.3. The van der Waals surface area contributed by atoms with Gasteiger partial charge >= 0.3 is 5.97 Å². The number of ether oxygens (including phenoxy) is 2. The molecule has 102 valence electrons. The number of amides is 1. The third-order valence-corrected chi connectivity index (χ3v) is 3.61. The van der Waals surface area contributed by atoms with Crippen LogP contribution in [-0.4, -0.2) is 49.7 Å². The van der Waals surface area contributed by atoms with E-state index in [9.17, 15) is 9.59 Å². The first-order valence-electron chi connectivity index (χ1n) is 5.85. The van der Waals surface area contributed by atoms with Gasteiger partial charge in [0.15, 0.2) is 6.04 Å². The number of halogens is 1. The number of hydrogen-bond donors (Lipinski definition) is 0. The number of methoxy groups -OCH3 is 1. The first-order chi connectivity index (χ1) is 9.13. The van der Waals surface area contributed by atoms with Gasteiger partial charge in [0, 0.05) is 15.7 Å². The minimum Gasteiger partial charge on any atom is -0.467 e. The minimum absolute atomic E-state index is 0.169. The number of morpholine rings is 1. The summed E-state index contributed by atoms with van der Waals surface area (Å²) in [5, 5.41) is 0. The van der Waals surface area contributed by atoms with Crippen LogP contribution >= 0.6 is 22.6 Å². The Morgan fingerprint density at radius 3 is 2.95 bits per heavy atom. The number of esters is 1. The number of carbonyl (C=O) groups is 2. The molecule has 1 unspecified atom stereocenters. The van der Waals surface area contributed by atoms with Gasteiger partial charge in [-0.15, -0.1) is 0 Å². The van der Waals surface area contributed by atoms with Crippen LogP contribution in [0.2, 0.25) is 0 Å². The van der Waals surface area contributed by atoms with Crippen LogP contribution in [0.3, 0.4) is 0 Å². The predicted molar refractivity (Wildman–Crippen MR) is 76.8 cm³/mol. The molecule has 1 amide bonds. The molecule has 1 aliphatic heterocycles. The van der Waals surface area contributed by atoms with Crippen molar-refractivity contribution in [2.24, 2.45) is 0 Å². The molecule has 1 atom stereocenters. The normalized spacial score (nSPS) is 19.1. The summed E-state index contributed by atoms with van der Waals surface area (Å²) < 4.78 is 10.9. The van der Waals surface area contributed by atoms with Gasteiger partial charge in [0.1, 0.15) is 0 Å². The molecule has 1 aromatic rings. The molecule has 5 nitrogen and oxygen atoms in total. The van der Waals surface area contributed by atoms with Gasteiger partial charge in [0.2, 0.25) is 0 Å². The average Bonchev–Trinajstić information content (AvgIpc) is 2.45. The Hall–Kier alpha value is -1.15. The lowest BCUT2D eigenvalue weighted by molar-refractivity contribution is -0.151. The molecular formula is C13H14INO4. The standard InChI is InChI=1S/C13H14INO4/c1-18-13(17)11-8-19-6-5-15(11)12(16)9-3-2-4-10(14)7-9/h2-4,7,11H,5-6,8H2,1H3. The Kier molecular flexibility index (Phi) is 4.76. The zero-order valence-electron chi connectivity index (χ0n) is 10.5. The first-order valence-corrected chi connectivity index (χ1v) is 6.93. The van der Waals surface area contributed by atoms with E-state index >= 15 is 0 Å². The fraction of sp³-hybridized carbons (Fsp3) is 0.385. The summed E-state index contributed by atoms with van der Waals surface area (Å²) in [6.07, 6.45) is 0. The van der Waals surface area contributed by atoms with Crippen molar-refractivity contribution in [3.8, 4) is 0 Å². The summed E-state index contributed by atoms with van der Waals surface area (Å²) >= 11 is 2.15. The van der Waals surface area contributed by atoms with Crippen LogP contribution in [0, 0.1) is 3.57 Å². The molecule has 0 bridgehead atoms. The molecule has 1 saturated heterocycles. The van der Waals surface area contributed by atoms with Crippen LogP contribution in [0.4, 0.5) is 0 Å². The molecule has 0 saturated carbocycles. The Bertz CT molecular complexity index is 491. The summed E-state index contributed by atoms with van der Waals surface area (Å²) in [4.78, 5) is 25.6. The van der Waals surface area contributed by atoms with E-state index < -0.39 is 12.0 Å².